The Labute approximate surface area is 159 Å². The van der Waals surface area contributed by atoms with Gasteiger partial charge in [-0.25, -0.2) is 0 Å². The lowest BCUT2D eigenvalue weighted by molar-refractivity contribution is -0.135. The number of amides is 1. The Kier molecular flexibility index (Phi) is 7.13. The van der Waals surface area contributed by atoms with Crippen LogP contribution in [0.5, 0.6) is 0 Å². The fourth-order valence-electron chi connectivity index (χ4n) is 4.35. The van der Waals surface area contributed by atoms with E-state index in [0.717, 1.165) is 37.4 Å². The van der Waals surface area contributed by atoms with Crippen molar-refractivity contribution in [2.75, 3.05) is 13.7 Å². The molecule has 2 aliphatic carbocycles. The molecule has 3 heteroatoms. The molecule has 0 saturated heterocycles. The first kappa shape index (κ1) is 19.4. The van der Waals surface area contributed by atoms with Crippen LogP contribution in [0.25, 0.3) is 0 Å². The van der Waals surface area contributed by atoms with E-state index in [0.29, 0.717) is 6.04 Å². The summed E-state index contributed by atoms with van der Waals surface area (Å²) < 4.78 is 6.17. The van der Waals surface area contributed by atoms with Crippen molar-refractivity contribution in [1.82, 2.24) is 4.90 Å². The molecule has 2 unspecified atom stereocenters. The van der Waals surface area contributed by atoms with Gasteiger partial charge in [0.05, 0.1) is 12.0 Å². The van der Waals surface area contributed by atoms with Gasteiger partial charge in [-0.05, 0) is 44.1 Å². The van der Waals surface area contributed by atoms with Crippen LogP contribution in [0.2, 0.25) is 0 Å². The normalized spacial score (nSPS) is 20.5. The second-order valence-electron chi connectivity index (χ2n) is 8.29. The molecule has 0 aliphatic heterocycles. The molecule has 0 heterocycles. The maximum atomic E-state index is 13.1. The summed E-state index contributed by atoms with van der Waals surface area (Å²) in [6.45, 7) is 2.83. The molecule has 2 fully saturated rings. The van der Waals surface area contributed by atoms with Crippen LogP contribution < -0.4 is 0 Å². The first-order chi connectivity index (χ1) is 12.7. The van der Waals surface area contributed by atoms with Gasteiger partial charge in [0.25, 0.3) is 0 Å². The van der Waals surface area contributed by atoms with Gasteiger partial charge in [-0.2, -0.15) is 0 Å². The van der Waals surface area contributed by atoms with Gasteiger partial charge in [-0.3, -0.25) is 4.79 Å². The molecule has 0 radical (unpaired) electrons. The van der Waals surface area contributed by atoms with Crippen LogP contribution in [0, 0.1) is 5.92 Å². The van der Waals surface area contributed by atoms with E-state index in [4.69, 9.17) is 4.74 Å². The van der Waals surface area contributed by atoms with Crippen LogP contribution in [0.3, 0.4) is 0 Å². The summed E-state index contributed by atoms with van der Waals surface area (Å²) in [5, 5.41) is 0. The number of likely N-dealkylation sites (N-methyl/N-ethyl adjacent to an activating group) is 1. The molecule has 0 bridgehead atoms. The molecule has 1 amide bonds. The Hall–Kier alpha value is -1.35. The molecule has 1 aromatic rings. The van der Waals surface area contributed by atoms with Crippen molar-refractivity contribution in [2.24, 2.45) is 5.92 Å². The minimum Gasteiger partial charge on any atom is -0.377 e. The van der Waals surface area contributed by atoms with Gasteiger partial charge in [0.15, 0.2) is 0 Å². The minimum absolute atomic E-state index is 0.0857. The predicted octanol–water partition coefficient (Wildman–Crippen LogP) is 5.16. The van der Waals surface area contributed by atoms with E-state index in [1.807, 2.05) is 30.1 Å². The Morgan fingerprint density at radius 2 is 1.81 bits per heavy atom. The van der Waals surface area contributed by atoms with Gasteiger partial charge in [0.2, 0.25) is 5.91 Å². The Morgan fingerprint density at radius 1 is 1.12 bits per heavy atom. The number of rotatable bonds is 9. The lowest BCUT2D eigenvalue weighted by atomic mass is 9.86. The number of carbonyl (C=O) groups is 1. The van der Waals surface area contributed by atoms with Crippen LogP contribution >= 0.6 is 0 Å². The zero-order chi connectivity index (χ0) is 18.4. The zero-order valence-corrected chi connectivity index (χ0v) is 16.5. The van der Waals surface area contributed by atoms with Gasteiger partial charge < -0.3 is 9.64 Å². The average Bonchev–Trinajstić information content (AvgIpc) is 3.52. The maximum Gasteiger partial charge on any atom is 0.232 e. The Morgan fingerprint density at radius 3 is 2.46 bits per heavy atom. The second kappa shape index (κ2) is 9.55. The molecule has 26 heavy (non-hydrogen) atoms. The molecular weight excluding hydrogens is 322 g/mol. The molecule has 2 atom stereocenters. The van der Waals surface area contributed by atoms with Crippen molar-refractivity contribution in [2.45, 2.75) is 82.8 Å². The molecule has 0 N–H and O–H groups in total. The second-order valence-corrected chi connectivity index (χ2v) is 8.29. The average molecular weight is 358 g/mol. The standard InChI is InChI=1S/C23H35NO2/c1-18(26-17-9-12-19-10-5-3-6-11-19)22(20-13-7-4-8-14-20)23(25)24(2)21-15-16-21/h4,7-8,13-14,18-19,21-22H,3,5-6,9-12,15-17H2,1-2H3. The van der Waals surface area contributed by atoms with Crippen molar-refractivity contribution < 1.29 is 9.53 Å². The van der Waals surface area contributed by atoms with Crippen LogP contribution in [0.1, 0.15) is 76.2 Å². The van der Waals surface area contributed by atoms with Gasteiger partial charge in [-0.1, -0.05) is 62.4 Å². The monoisotopic (exact) mass is 357 g/mol. The summed E-state index contributed by atoms with van der Waals surface area (Å²) in [5.41, 5.74) is 1.07. The van der Waals surface area contributed by atoms with E-state index in [2.05, 4.69) is 19.1 Å². The minimum atomic E-state index is -0.198. The topological polar surface area (TPSA) is 29.5 Å². The summed E-state index contributed by atoms with van der Waals surface area (Å²) in [6, 6.07) is 10.6. The highest BCUT2D eigenvalue weighted by Gasteiger charge is 2.36. The largest absolute Gasteiger partial charge is 0.377 e. The molecule has 1 aromatic carbocycles. The van der Waals surface area contributed by atoms with Crippen LogP contribution in [-0.4, -0.2) is 36.6 Å². The molecule has 0 spiro atoms. The number of hydrogen-bond donors (Lipinski definition) is 0. The smallest absolute Gasteiger partial charge is 0.232 e. The van der Waals surface area contributed by atoms with Gasteiger partial charge in [-0.15, -0.1) is 0 Å². The highest BCUT2D eigenvalue weighted by atomic mass is 16.5. The Bertz CT molecular complexity index is 549. The van der Waals surface area contributed by atoms with Crippen molar-refractivity contribution in [3.05, 3.63) is 35.9 Å². The highest BCUT2D eigenvalue weighted by molar-refractivity contribution is 5.84. The van der Waals surface area contributed by atoms with E-state index in [9.17, 15) is 4.79 Å². The third-order valence-electron chi connectivity index (χ3n) is 6.20. The van der Waals surface area contributed by atoms with E-state index >= 15 is 0 Å². The predicted molar refractivity (Wildman–Crippen MR) is 106 cm³/mol. The van der Waals surface area contributed by atoms with Gasteiger partial charge >= 0.3 is 0 Å². The van der Waals surface area contributed by atoms with E-state index in [-0.39, 0.29) is 17.9 Å². The fourth-order valence-corrected chi connectivity index (χ4v) is 4.35. The molecule has 0 aromatic heterocycles. The van der Waals surface area contributed by atoms with Crippen molar-refractivity contribution in [1.29, 1.82) is 0 Å². The van der Waals surface area contributed by atoms with E-state index < -0.39 is 0 Å². The quantitative estimate of drug-likeness (QED) is 0.572. The third kappa shape index (κ3) is 5.33. The maximum absolute atomic E-state index is 13.1. The number of benzene rings is 1. The van der Waals surface area contributed by atoms with Crippen molar-refractivity contribution in [3.8, 4) is 0 Å². The van der Waals surface area contributed by atoms with E-state index in [1.165, 1.54) is 38.5 Å². The zero-order valence-electron chi connectivity index (χ0n) is 16.5. The molecule has 3 rings (SSSR count). The summed E-state index contributed by atoms with van der Waals surface area (Å²) in [6.07, 6.45) is 11.6. The molecule has 2 aliphatic rings. The molecular formula is C23H35NO2. The van der Waals surface area contributed by atoms with Crippen molar-refractivity contribution >= 4 is 5.91 Å². The number of carbonyl (C=O) groups excluding carboxylic acids is 1. The molecule has 144 valence electrons. The van der Waals surface area contributed by atoms with Crippen molar-refractivity contribution in [3.63, 3.8) is 0 Å². The first-order valence-electron chi connectivity index (χ1n) is 10.6. The van der Waals surface area contributed by atoms with Crippen LogP contribution in [-0.2, 0) is 9.53 Å². The summed E-state index contributed by atoms with van der Waals surface area (Å²) in [4.78, 5) is 15.0. The first-order valence-corrected chi connectivity index (χ1v) is 10.6. The molecule has 2 saturated carbocycles. The van der Waals surface area contributed by atoms with Gasteiger partial charge in [0, 0.05) is 19.7 Å². The summed E-state index contributed by atoms with van der Waals surface area (Å²) >= 11 is 0. The SMILES string of the molecule is CC(OCCCC1CCCCC1)C(C(=O)N(C)C1CC1)c1ccccc1. The van der Waals surface area contributed by atoms with Crippen LogP contribution in [0.4, 0.5) is 0 Å². The van der Waals surface area contributed by atoms with Gasteiger partial charge in [0.1, 0.15) is 0 Å². The summed E-state index contributed by atoms with van der Waals surface area (Å²) in [7, 11) is 1.95. The fraction of sp³-hybridized carbons (Fsp3) is 0.696. The number of hydrogen-bond acceptors (Lipinski definition) is 2. The number of nitrogens with zero attached hydrogens (tertiary/aromatic N) is 1. The third-order valence-corrected chi connectivity index (χ3v) is 6.20. The Balaban J connectivity index is 1.54. The van der Waals surface area contributed by atoms with Crippen LogP contribution in [0.15, 0.2) is 30.3 Å². The lowest BCUT2D eigenvalue weighted by Crippen LogP contribution is -2.38. The highest BCUT2D eigenvalue weighted by Crippen LogP contribution is 2.32. The summed E-state index contributed by atoms with van der Waals surface area (Å²) in [5.74, 6) is 0.908. The molecule has 3 nitrogen and oxygen atoms in total. The number of ether oxygens (including phenoxy) is 1. The van der Waals surface area contributed by atoms with E-state index in [1.54, 1.807) is 0 Å². The lowest BCUT2D eigenvalue weighted by Gasteiger charge is -2.29.